The van der Waals surface area contributed by atoms with Crippen LogP contribution in [0.25, 0.3) is 6.08 Å². The maximum absolute atomic E-state index is 13.1. The fourth-order valence-electron chi connectivity index (χ4n) is 1.95. The summed E-state index contributed by atoms with van der Waals surface area (Å²) < 4.78 is 18.8. The predicted molar refractivity (Wildman–Crippen MR) is 61.6 cm³/mol. The maximum Gasteiger partial charge on any atom is 0.364 e. The van der Waals surface area contributed by atoms with Crippen molar-refractivity contribution in [3.63, 3.8) is 0 Å². The van der Waals surface area contributed by atoms with Crippen LogP contribution in [-0.4, -0.2) is 16.7 Å². The summed E-state index contributed by atoms with van der Waals surface area (Å²) in [5.74, 6) is -2.18. The van der Waals surface area contributed by atoms with Gasteiger partial charge < -0.3 is 9.84 Å². The number of carboxylic acid groups (broad SMARTS) is 1. The van der Waals surface area contributed by atoms with E-state index in [1.165, 1.54) is 0 Å². The number of fused-ring (bicyclic) bond motifs is 1. The molecule has 0 saturated heterocycles. The van der Waals surface area contributed by atoms with Gasteiger partial charge >= 0.3 is 5.97 Å². The molecule has 0 aromatic heterocycles. The summed E-state index contributed by atoms with van der Waals surface area (Å²) in [6.45, 7) is 3.88. The molecule has 0 saturated carbocycles. The lowest BCUT2D eigenvalue weighted by Gasteiger charge is -2.17. The van der Waals surface area contributed by atoms with Crippen LogP contribution in [0.15, 0.2) is 24.0 Å². The van der Waals surface area contributed by atoms with E-state index in [0.29, 0.717) is 11.3 Å². The van der Waals surface area contributed by atoms with Crippen LogP contribution in [0.2, 0.25) is 0 Å². The van der Waals surface area contributed by atoms with Crippen LogP contribution < -0.4 is 4.74 Å². The van der Waals surface area contributed by atoms with Crippen LogP contribution in [0.3, 0.4) is 0 Å². The molecule has 17 heavy (non-hydrogen) atoms. The normalized spacial score (nSPS) is 17.5. The van der Waals surface area contributed by atoms with Gasteiger partial charge in [-0.05, 0) is 25.5 Å². The molecule has 1 aromatic carbocycles. The second-order valence-corrected chi connectivity index (χ2v) is 4.67. The largest absolute Gasteiger partial charge is 0.487 e. The number of ether oxygens (including phenoxy) is 1. The molecular formula is C13H13FO3. The van der Waals surface area contributed by atoms with Gasteiger partial charge in [-0.3, -0.25) is 0 Å². The van der Waals surface area contributed by atoms with Gasteiger partial charge in [0.2, 0.25) is 5.83 Å². The van der Waals surface area contributed by atoms with Crippen molar-refractivity contribution >= 4 is 12.0 Å². The molecule has 0 aliphatic carbocycles. The minimum Gasteiger partial charge on any atom is -0.487 e. The first-order valence-corrected chi connectivity index (χ1v) is 5.30. The Morgan fingerprint density at radius 1 is 1.53 bits per heavy atom. The molecule has 90 valence electrons. The van der Waals surface area contributed by atoms with Gasteiger partial charge in [-0.15, -0.1) is 0 Å². The van der Waals surface area contributed by atoms with Gasteiger partial charge in [0.1, 0.15) is 11.4 Å². The summed E-state index contributed by atoms with van der Waals surface area (Å²) in [4.78, 5) is 10.4. The van der Waals surface area contributed by atoms with E-state index in [1.807, 2.05) is 19.9 Å². The Balaban J connectivity index is 2.43. The monoisotopic (exact) mass is 236 g/mol. The minimum atomic E-state index is -1.57. The molecule has 1 aliphatic rings. The zero-order valence-corrected chi connectivity index (χ0v) is 9.66. The van der Waals surface area contributed by atoms with Crippen molar-refractivity contribution in [3.05, 3.63) is 35.2 Å². The third-order valence-corrected chi connectivity index (χ3v) is 2.61. The second-order valence-electron chi connectivity index (χ2n) is 4.67. The Bertz CT molecular complexity index is 503. The van der Waals surface area contributed by atoms with Gasteiger partial charge in [-0.1, -0.05) is 18.2 Å². The van der Waals surface area contributed by atoms with E-state index in [1.54, 1.807) is 12.1 Å². The Kier molecular flexibility index (Phi) is 2.65. The number of hydrogen-bond donors (Lipinski definition) is 1. The van der Waals surface area contributed by atoms with Crippen LogP contribution in [0, 0.1) is 0 Å². The number of rotatable bonds is 2. The van der Waals surface area contributed by atoms with Crippen molar-refractivity contribution in [1.29, 1.82) is 0 Å². The molecule has 4 heteroatoms. The van der Waals surface area contributed by atoms with Gasteiger partial charge in [0.05, 0.1) is 0 Å². The highest BCUT2D eigenvalue weighted by Gasteiger charge is 2.31. The molecule has 0 fully saturated rings. The molecule has 0 atom stereocenters. The van der Waals surface area contributed by atoms with E-state index < -0.39 is 11.8 Å². The lowest BCUT2D eigenvalue weighted by Crippen LogP contribution is -2.24. The van der Waals surface area contributed by atoms with E-state index in [0.717, 1.165) is 18.1 Å². The van der Waals surface area contributed by atoms with E-state index >= 15 is 0 Å². The number of carbonyl (C=O) groups is 1. The fourth-order valence-corrected chi connectivity index (χ4v) is 1.95. The Morgan fingerprint density at radius 2 is 2.24 bits per heavy atom. The molecule has 1 heterocycles. The van der Waals surface area contributed by atoms with Crippen molar-refractivity contribution in [2.24, 2.45) is 0 Å². The van der Waals surface area contributed by atoms with E-state index in [-0.39, 0.29) is 5.60 Å². The smallest absolute Gasteiger partial charge is 0.364 e. The Labute approximate surface area is 98.5 Å². The molecule has 0 spiro atoms. The van der Waals surface area contributed by atoms with Crippen molar-refractivity contribution in [2.45, 2.75) is 25.9 Å². The highest BCUT2D eigenvalue weighted by atomic mass is 19.1. The first-order valence-electron chi connectivity index (χ1n) is 5.30. The Morgan fingerprint density at radius 3 is 2.88 bits per heavy atom. The van der Waals surface area contributed by atoms with Crippen LogP contribution in [0.5, 0.6) is 5.75 Å². The van der Waals surface area contributed by atoms with Crippen molar-refractivity contribution in [2.75, 3.05) is 0 Å². The topological polar surface area (TPSA) is 46.5 Å². The average molecular weight is 236 g/mol. The first-order chi connectivity index (χ1) is 7.89. The lowest BCUT2D eigenvalue weighted by molar-refractivity contribution is -0.134. The third-order valence-electron chi connectivity index (χ3n) is 2.61. The molecule has 0 unspecified atom stereocenters. The number of halogens is 1. The van der Waals surface area contributed by atoms with Gasteiger partial charge in [0, 0.05) is 12.0 Å². The molecule has 0 radical (unpaired) electrons. The standard InChI is InChI=1S/C13H13FO3/c1-13(2)7-9-5-3-4-8(11(9)17-13)6-10(14)12(15)16/h3-6H,7H2,1-2H3,(H,15,16). The highest BCUT2D eigenvalue weighted by Crippen LogP contribution is 2.38. The van der Waals surface area contributed by atoms with Crippen LogP contribution >= 0.6 is 0 Å². The fraction of sp³-hybridized carbons (Fsp3) is 0.308. The van der Waals surface area contributed by atoms with Crippen molar-refractivity contribution in [3.8, 4) is 5.75 Å². The summed E-state index contributed by atoms with van der Waals surface area (Å²) in [5.41, 5.74) is 1.11. The molecule has 1 aliphatic heterocycles. The number of aliphatic carboxylic acids is 1. The Hall–Kier alpha value is -1.84. The molecule has 2 rings (SSSR count). The van der Waals surface area contributed by atoms with E-state index in [9.17, 15) is 9.18 Å². The van der Waals surface area contributed by atoms with Crippen molar-refractivity contribution in [1.82, 2.24) is 0 Å². The van der Waals surface area contributed by atoms with E-state index in [4.69, 9.17) is 9.84 Å². The zero-order chi connectivity index (χ0) is 12.6. The molecule has 0 bridgehead atoms. The van der Waals surface area contributed by atoms with Gasteiger partial charge in [-0.2, -0.15) is 4.39 Å². The molecule has 1 N–H and O–H groups in total. The maximum atomic E-state index is 13.1. The number of hydrogen-bond acceptors (Lipinski definition) is 2. The number of carboxylic acids is 1. The number of para-hydroxylation sites is 1. The summed E-state index contributed by atoms with van der Waals surface area (Å²) in [6.07, 6.45) is 1.72. The summed E-state index contributed by atoms with van der Waals surface area (Å²) >= 11 is 0. The zero-order valence-electron chi connectivity index (χ0n) is 9.66. The summed E-state index contributed by atoms with van der Waals surface area (Å²) in [7, 11) is 0. The van der Waals surface area contributed by atoms with Crippen LogP contribution in [0.4, 0.5) is 4.39 Å². The predicted octanol–water partition coefficient (Wildman–Crippen LogP) is 2.80. The first kappa shape index (κ1) is 11.6. The SMILES string of the molecule is CC1(C)Cc2cccc(C=C(F)C(=O)O)c2O1. The molecular weight excluding hydrogens is 223 g/mol. The highest BCUT2D eigenvalue weighted by molar-refractivity contribution is 5.90. The van der Waals surface area contributed by atoms with E-state index in [2.05, 4.69) is 0 Å². The molecule has 1 aromatic rings. The minimum absolute atomic E-state index is 0.327. The van der Waals surface area contributed by atoms with Crippen molar-refractivity contribution < 1.29 is 19.0 Å². The van der Waals surface area contributed by atoms with Crippen LogP contribution in [-0.2, 0) is 11.2 Å². The average Bonchev–Trinajstić information content (AvgIpc) is 2.53. The van der Waals surface area contributed by atoms with Gasteiger partial charge in [-0.25, -0.2) is 4.79 Å². The molecule has 0 amide bonds. The second kappa shape index (κ2) is 3.87. The lowest BCUT2D eigenvalue weighted by atomic mass is 10.0. The third kappa shape index (κ3) is 2.30. The van der Waals surface area contributed by atoms with Crippen LogP contribution in [0.1, 0.15) is 25.0 Å². The van der Waals surface area contributed by atoms with Gasteiger partial charge in [0.25, 0.3) is 0 Å². The summed E-state index contributed by atoms with van der Waals surface area (Å²) in [5, 5.41) is 8.51. The quantitative estimate of drug-likeness (QED) is 0.803. The van der Waals surface area contributed by atoms with Gasteiger partial charge in [0.15, 0.2) is 0 Å². The number of benzene rings is 1. The molecule has 3 nitrogen and oxygen atoms in total. The summed E-state index contributed by atoms with van der Waals surface area (Å²) in [6, 6.07) is 5.31.